The predicted octanol–water partition coefficient (Wildman–Crippen LogP) is 3.48. The molecule has 1 aliphatic carbocycles. The van der Waals surface area contributed by atoms with Crippen LogP contribution in [0.1, 0.15) is 36.0 Å². The van der Waals surface area contributed by atoms with Crippen molar-refractivity contribution in [2.45, 2.75) is 38.5 Å². The molecular formula is C13H17ClFN. The third kappa shape index (κ3) is 1.56. The van der Waals surface area contributed by atoms with Gasteiger partial charge >= 0.3 is 0 Å². The standard InChI is InChI=1S/C13H17ClFN/c1-8-6-10(15)12(14)11(9(8)2)13(7-16)4-3-5-13/h6H,3-5,7,16H2,1-2H3. The van der Waals surface area contributed by atoms with E-state index in [0.29, 0.717) is 6.54 Å². The molecule has 16 heavy (non-hydrogen) atoms. The first kappa shape index (κ1) is 11.9. The molecule has 0 heterocycles. The smallest absolute Gasteiger partial charge is 0.142 e. The van der Waals surface area contributed by atoms with E-state index in [-0.39, 0.29) is 16.3 Å². The molecule has 0 aliphatic heterocycles. The summed E-state index contributed by atoms with van der Waals surface area (Å²) in [7, 11) is 0. The first-order valence-corrected chi connectivity index (χ1v) is 6.05. The van der Waals surface area contributed by atoms with Gasteiger partial charge in [-0.2, -0.15) is 0 Å². The molecule has 0 bridgehead atoms. The second-order valence-corrected chi connectivity index (χ2v) is 5.21. The zero-order valence-electron chi connectivity index (χ0n) is 9.74. The lowest BCUT2D eigenvalue weighted by Gasteiger charge is -2.43. The number of nitrogens with two attached hydrogens (primary N) is 1. The first-order chi connectivity index (χ1) is 7.52. The van der Waals surface area contributed by atoms with Crippen LogP contribution in [0.2, 0.25) is 5.02 Å². The van der Waals surface area contributed by atoms with Crippen molar-refractivity contribution in [3.05, 3.63) is 33.6 Å². The maximum Gasteiger partial charge on any atom is 0.142 e. The van der Waals surface area contributed by atoms with Gasteiger partial charge in [0.25, 0.3) is 0 Å². The van der Waals surface area contributed by atoms with Crippen molar-refractivity contribution in [3.63, 3.8) is 0 Å². The highest BCUT2D eigenvalue weighted by molar-refractivity contribution is 6.31. The van der Waals surface area contributed by atoms with Gasteiger partial charge in [-0.3, -0.25) is 0 Å². The van der Waals surface area contributed by atoms with E-state index in [2.05, 4.69) is 0 Å². The largest absolute Gasteiger partial charge is 0.330 e. The van der Waals surface area contributed by atoms with E-state index in [1.54, 1.807) is 0 Å². The van der Waals surface area contributed by atoms with Crippen LogP contribution in [0.15, 0.2) is 6.07 Å². The fourth-order valence-corrected chi connectivity index (χ4v) is 3.03. The van der Waals surface area contributed by atoms with E-state index >= 15 is 0 Å². The van der Waals surface area contributed by atoms with Crippen LogP contribution >= 0.6 is 11.6 Å². The van der Waals surface area contributed by atoms with Gasteiger partial charge in [0.2, 0.25) is 0 Å². The number of hydrogen-bond donors (Lipinski definition) is 1. The fraction of sp³-hybridized carbons (Fsp3) is 0.538. The Kier molecular flexibility index (Phi) is 2.97. The molecule has 1 nitrogen and oxygen atoms in total. The van der Waals surface area contributed by atoms with Gasteiger partial charge < -0.3 is 5.73 Å². The van der Waals surface area contributed by atoms with Gasteiger partial charge in [0, 0.05) is 12.0 Å². The highest BCUT2D eigenvalue weighted by Crippen LogP contribution is 2.47. The monoisotopic (exact) mass is 241 g/mol. The molecule has 0 spiro atoms. The summed E-state index contributed by atoms with van der Waals surface area (Å²) < 4.78 is 13.7. The van der Waals surface area contributed by atoms with E-state index in [1.165, 1.54) is 6.07 Å². The highest BCUT2D eigenvalue weighted by atomic mass is 35.5. The minimum Gasteiger partial charge on any atom is -0.330 e. The molecule has 1 aliphatic rings. The SMILES string of the molecule is Cc1cc(F)c(Cl)c(C2(CN)CCC2)c1C. The van der Waals surface area contributed by atoms with Crippen LogP contribution in [-0.2, 0) is 5.41 Å². The molecule has 2 rings (SSSR count). The Bertz CT molecular complexity index is 393. The van der Waals surface area contributed by atoms with Gasteiger partial charge in [0.05, 0.1) is 5.02 Å². The van der Waals surface area contributed by atoms with Crippen molar-refractivity contribution in [1.82, 2.24) is 0 Å². The Hall–Kier alpha value is -0.600. The molecule has 0 amide bonds. The van der Waals surface area contributed by atoms with Gasteiger partial charge in [-0.25, -0.2) is 4.39 Å². The quantitative estimate of drug-likeness (QED) is 0.843. The molecule has 88 valence electrons. The average molecular weight is 242 g/mol. The van der Waals surface area contributed by atoms with Crippen molar-refractivity contribution >= 4 is 11.6 Å². The molecule has 1 aromatic rings. The lowest BCUT2D eigenvalue weighted by atomic mass is 9.63. The number of benzene rings is 1. The molecular weight excluding hydrogens is 225 g/mol. The van der Waals surface area contributed by atoms with Gasteiger partial charge in [0.15, 0.2) is 0 Å². The van der Waals surface area contributed by atoms with Gasteiger partial charge in [-0.15, -0.1) is 0 Å². The van der Waals surface area contributed by atoms with E-state index < -0.39 is 0 Å². The van der Waals surface area contributed by atoms with Crippen molar-refractivity contribution in [1.29, 1.82) is 0 Å². The Morgan fingerprint density at radius 2 is 2.06 bits per heavy atom. The third-order valence-corrected chi connectivity index (χ3v) is 4.34. The van der Waals surface area contributed by atoms with Crippen molar-refractivity contribution in [2.24, 2.45) is 5.73 Å². The molecule has 0 saturated heterocycles. The topological polar surface area (TPSA) is 26.0 Å². The maximum atomic E-state index is 13.7. The zero-order valence-corrected chi connectivity index (χ0v) is 10.5. The van der Waals surface area contributed by atoms with Gasteiger partial charge in [-0.1, -0.05) is 18.0 Å². The summed E-state index contributed by atoms with van der Waals surface area (Å²) in [6.07, 6.45) is 3.20. The Morgan fingerprint density at radius 1 is 1.44 bits per heavy atom. The second-order valence-electron chi connectivity index (χ2n) is 4.83. The van der Waals surface area contributed by atoms with Gasteiger partial charge in [-0.05, 0) is 49.4 Å². The number of rotatable bonds is 2. The molecule has 1 fully saturated rings. The van der Waals surface area contributed by atoms with E-state index in [4.69, 9.17) is 17.3 Å². The van der Waals surface area contributed by atoms with E-state index in [1.807, 2.05) is 13.8 Å². The van der Waals surface area contributed by atoms with Crippen molar-refractivity contribution in [3.8, 4) is 0 Å². The molecule has 3 heteroatoms. The normalized spacial score (nSPS) is 18.3. The molecule has 0 unspecified atom stereocenters. The highest BCUT2D eigenvalue weighted by Gasteiger charge is 2.40. The molecule has 1 aromatic carbocycles. The summed E-state index contributed by atoms with van der Waals surface area (Å²) >= 11 is 6.12. The van der Waals surface area contributed by atoms with E-state index in [0.717, 1.165) is 36.0 Å². The molecule has 0 atom stereocenters. The van der Waals surface area contributed by atoms with Crippen LogP contribution in [0.25, 0.3) is 0 Å². The maximum absolute atomic E-state index is 13.7. The summed E-state index contributed by atoms with van der Waals surface area (Å²) in [6.45, 7) is 4.48. The molecule has 2 N–H and O–H groups in total. The summed E-state index contributed by atoms with van der Waals surface area (Å²) in [5.74, 6) is -0.320. The summed E-state index contributed by atoms with van der Waals surface area (Å²) in [5.41, 5.74) is 8.78. The van der Waals surface area contributed by atoms with Crippen LogP contribution < -0.4 is 5.73 Å². The fourth-order valence-electron chi connectivity index (χ4n) is 2.63. The minimum absolute atomic E-state index is 0.0754. The van der Waals surface area contributed by atoms with Crippen LogP contribution in [-0.4, -0.2) is 6.54 Å². The summed E-state index contributed by atoms with van der Waals surface area (Å²) in [5, 5.41) is 0.272. The van der Waals surface area contributed by atoms with Crippen molar-refractivity contribution in [2.75, 3.05) is 6.54 Å². The summed E-state index contributed by atoms with van der Waals surface area (Å²) in [4.78, 5) is 0. The molecule has 0 aromatic heterocycles. The second kappa shape index (κ2) is 4.01. The predicted molar refractivity (Wildman–Crippen MR) is 65.5 cm³/mol. The Balaban J connectivity index is 2.63. The van der Waals surface area contributed by atoms with Crippen LogP contribution in [0, 0.1) is 19.7 Å². The third-order valence-electron chi connectivity index (χ3n) is 3.97. The lowest BCUT2D eigenvalue weighted by molar-refractivity contribution is 0.251. The number of hydrogen-bond acceptors (Lipinski definition) is 1. The number of aryl methyl sites for hydroxylation is 1. The van der Waals surface area contributed by atoms with Crippen LogP contribution in [0.3, 0.4) is 0 Å². The Morgan fingerprint density at radius 3 is 2.50 bits per heavy atom. The van der Waals surface area contributed by atoms with E-state index in [9.17, 15) is 4.39 Å². The average Bonchev–Trinajstić information content (AvgIpc) is 2.19. The van der Waals surface area contributed by atoms with Crippen molar-refractivity contribution < 1.29 is 4.39 Å². The first-order valence-electron chi connectivity index (χ1n) is 5.67. The van der Waals surface area contributed by atoms with Crippen LogP contribution in [0.4, 0.5) is 4.39 Å². The van der Waals surface area contributed by atoms with Crippen LogP contribution in [0.5, 0.6) is 0 Å². The molecule has 1 saturated carbocycles. The molecule has 0 radical (unpaired) electrons. The van der Waals surface area contributed by atoms with Gasteiger partial charge in [0.1, 0.15) is 5.82 Å². The minimum atomic E-state index is -0.320. The Labute approximate surface area is 101 Å². The number of halogens is 2. The summed E-state index contributed by atoms with van der Waals surface area (Å²) in [6, 6.07) is 1.50. The lowest BCUT2D eigenvalue weighted by Crippen LogP contribution is -2.42. The zero-order chi connectivity index (χ0) is 11.9.